The fourth-order valence-corrected chi connectivity index (χ4v) is 4.12. The summed E-state index contributed by atoms with van der Waals surface area (Å²) in [7, 11) is 1.48. The normalized spacial score (nSPS) is 11.8. The molecule has 0 spiro atoms. The summed E-state index contributed by atoms with van der Waals surface area (Å²) in [6.07, 6.45) is 1.72. The van der Waals surface area contributed by atoms with E-state index in [1.807, 2.05) is 24.3 Å². The van der Waals surface area contributed by atoms with Crippen LogP contribution in [-0.4, -0.2) is 27.7 Å². The number of fused-ring (bicyclic) bond motifs is 1. The van der Waals surface area contributed by atoms with Gasteiger partial charge in [-0.3, -0.25) is 9.59 Å². The van der Waals surface area contributed by atoms with Crippen LogP contribution >= 0.6 is 27.3 Å². The van der Waals surface area contributed by atoms with Gasteiger partial charge in [0.25, 0.3) is 5.56 Å². The Morgan fingerprint density at radius 2 is 2.00 bits per heavy atom. The second kappa shape index (κ2) is 7.76. The SMILES string of the molecule is COc1cc(/C=c2/sc3nc(-c4ccccc4Br)nn3c2=O)ccc1OC(C)=O. The van der Waals surface area contributed by atoms with E-state index in [0.717, 1.165) is 15.6 Å². The molecule has 0 atom stereocenters. The summed E-state index contributed by atoms with van der Waals surface area (Å²) in [5, 5.41) is 4.36. The fraction of sp³-hybridized carbons (Fsp3) is 0.100. The molecule has 9 heteroatoms. The molecule has 0 unspecified atom stereocenters. The first kappa shape index (κ1) is 19.3. The molecule has 4 aromatic rings. The Kier molecular flexibility index (Phi) is 5.16. The van der Waals surface area contributed by atoms with Gasteiger partial charge in [0.05, 0.1) is 11.6 Å². The van der Waals surface area contributed by atoms with Crippen molar-refractivity contribution in [1.82, 2.24) is 14.6 Å². The number of methoxy groups -OCH3 is 1. The zero-order chi connectivity index (χ0) is 20.5. The molecule has 0 saturated heterocycles. The minimum Gasteiger partial charge on any atom is -0.493 e. The van der Waals surface area contributed by atoms with Gasteiger partial charge in [0.15, 0.2) is 17.3 Å². The minimum atomic E-state index is -0.437. The number of carbonyl (C=O) groups is 1. The number of aromatic nitrogens is 3. The van der Waals surface area contributed by atoms with Crippen LogP contribution in [0.4, 0.5) is 0 Å². The summed E-state index contributed by atoms with van der Waals surface area (Å²) >= 11 is 4.72. The number of ether oxygens (including phenoxy) is 2. The van der Waals surface area contributed by atoms with Gasteiger partial charge in [-0.25, -0.2) is 0 Å². The maximum Gasteiger partial charge on any atom is 0.308 e. The van der Waals surface area contributed by atoms with Gasteiger partial charge < -0.3 is 9.47 Å². The molecule has 2 heterocycles. The number of thiazole rings is 1. The monoisotopic (exact) mass is 471 g/mol. The highest BCUT2D eigenvalue weighted by Crippen LogP contribution is 2.29. The second-order valence-electron chi connectivity index (χ2n) is 6.03. The van der Waals surface area contributed by atoms with Crippen LogP contribution < -0.4 is 19.6 Å². The van der Waals surface area contributed by atoms with Crippen molar-refractivity contribution in [2.45, 2.75) is 6.92 Å². The smallest absolute Gasteiger partial charge is 0.308 e. The number of hydrogen-bond donors (Lipinski definition) is 0. The minimum absolute atomic E-state index is 0.251. The molecule has 29 heavy (non-hydrogen) atoms. The lowest BCUT2D eigenvalue weighted by Gasteiger charge is -2.08. The molecule has 0 radical (unpaired) electrons. The van der Waals surface area contributed by atoms with Crippen LogP contribution in [-0.2, 0) is 4.79 Å². The standard InChI is InChI=1S/C20H14BrN3O4S/c1-11(25)28-15-8-7-12(9-16(15)27-2)10-17-19(26)24-20(29-17)22-18(23-24)13-5-3-4-6-14(13)21/h3-10H,1-2H3/b17-10+. The zero-order valence-electron chi connectivity index (χ0n) is 15.4. The maximum atomic E-state index is 12.8. The zero-order valence-corrected chi connectivity index (χ0v) is 17.8. The van der Waals surface area contributed by atoms with E-state index in [4.69, 9.17) is 9.47 Å². The number of esters is 1. The van der Waals surface area contributed by atoms with E-state index in [1.165, 1.54) is 29.9 Å². The first-order chi connectivity index (χ1) is 14.0. The quantitative estimate of drug-likeness (QED) is 0.336. The van der Waals surface area contributed by atoms with Crippen LogP contribution in [0.3, 0.4) is 0 Å². The molecule has 7 nitrogen and oxygen atoms in total. The Bertz CT molecular complexity index is 1350. The van der Waals surface area contributed by atoms with Gasteiger partial charge in [0, 0.05) is 17.0 Å². The number of halogens is 1. The second-order valence-corrected chi connectivity index (χ2v) is 7.89. The van der Waals surface area contributed by atoms with E-state index >= 15 is 0 Å². The van der Waals surface area contributed by atoms with E-state index < -0.39 is 5.97 Å². The molecular weight excluding hydrogens is 458 g/mol. The largest absolute Gasteiger partial charge is 0.493 e. The summed E-state index contributed by atoms with van der Waals surface area (Å²) < 4.78 is 13.0. The van der Waals surface area contributed by atoms with Crippen LogP contribution in [0.15, 0.2) is 51.7 Å². The predicted octanol–water partition coefficient (Wildman–Crippen LogP) is 3.06. The average molecular weight is 472 g/mol. The summed E-state index contributed by atoms with van der Waals surface area (Å²) in [4.78, 5) is 28.9. The third-order valence-electron chi connectivity index (χ3n) is 4.04. The Labute approximate surface area is 177 Å². The van der Waals surface area contributed by atoms with E-state index in [2.05, 4.69) is 26.0 Å². The third-order valence-corrected chi connectivity index (χ3v) is 5.69. The van der Waals surface area contributed by atoms with Crippen molar-refractivity contribution >= 4 is 44.3 Å². The molecule has 0 amide bonds. The van der Waals surface area contributed by atoms with Gasteiger partial charge >= 0.3 is 5.97 Å². The molecule has 0 N–H and O–H groups in total. The van der Waals surface area contributed by atoms with Crippen molar-refractivity contribution in [1.29, 1.82) is 0 Å². The van der Waals surface area contributed by atoms with Crippen molar-refractivity contribution in [2.75, 3.05) is 7.11 Å². The van der Waals surface area contributed by atoms with E-state index in [-0.39, 0.29) is 5.56 Å². The summed E-state index contributed by atoms with van der Waals surface area (Å²) in [6.45, 7) is 1.32. The Morgan fingerprint density at radius 3 is 2.69 bits per heavy atom. The first-order valence-electron chi connectivity index (χ1n) is 8.49. The lowest BCUT2D eigenvalue weighted by molar-refractivity contribution is -0.132. The number of benzene rings is 2. The van der Waals surface area contributed by atoms with Crippen molar-refractivity contribution < 1.29 is 14.3 Å². The Hall–Kier alpha value is -3.04. The fourth-order valence-electron chi connectivity index (χ4n) is 2.75. The summed E-state index contributed by atoms with van der Waals surface area (Å²) in [5.74, 6) is 0.769. The molecule has 2 aromatic carbocycles. The molecule has 4 rings (SSSR count). The maximum absolute atomic E-state index is 12.8. The average Bonchev–Trinajstić information content (AvgIpc) is 3.22. The molecular formula is C20H14BrN3O4S. The highest BCUT2D eigenvalue weighted by atomic mass is 79.9. The molecule has 0 aliphatic carbocycles. The van der Waals surface area contributed by atoms with Gasteiger partial charge in [-0.2, -0.15) is 9.50 Å². The summed E-state index contributed by atoms with van der Waals surface area (Å²) in [6, 6.07) is 12.6. The van der Waals surface area contributed by atoms with Crippen molar-refractivity contribution in [3.8, 4) is 22.9 Å². The van der Waals surface area contributed by atoms with Gasteiger partial charge in [0.1, 0.15) is 0 Å². The molecule has 2 aromatic heterocycles. The Balaban J connectivity index is 1.75. The van der Waals surface area contributed by atoms with Crippen LogP contribution in [0.25, 0.3) is 22.4 Å². The van der Waals surface area contributed by atoms with E-state index in [9.17, 15) is 9.59 Å². The van der Waals surface area contributed by atoms with Crippen LogP contribution in [0.2, 0.25) is 0 Å². The lowest BCUT2D eigenvalue weighted by atomic mass is 10.2. The van der Waals surface area contributed by atoms with Crippen molar-refractivity contribution in [3.63, 3.8) is 0 Å². The summed E-state index contributed by atoms with van der Waals surface area (Å²) in [5.41, 5.74) is 1.29. The number of nitrogens with zero attached hydrogens (tertiary/aromatic N) is 3. The predicted molar refractivity (Wildman–Crippen MR) is 113 cm³/mol. The van der Waals surface area contributed by atoms with Gasteiger partial charge in [-0.1, -0.05) is 45.5 Å². The first-order valence-corrected chi connectivity index (χ1v) is 10.1. The van der Waals surface area contributed by atoms with Crippen LogP contribution in [0.5, 0.6) is 11.5 Å². The van der Waals surface area contributed by atoms with Gasteiger partial charge in [-0.05, 0) is 35.9 Å². The third kappa shape index (κ3) is 3.79. The molecule has 0 aliphatic rings. The van der Waals surface area contributed by atoms with Crippen molar-refractivity contribution in [3.05, 3.63) is 67.4 Å². The number of carbonyl (C=O) groups excluding carboxylic acids is 1. The van der Waals surface area contributed by atoms with Gasteiger partial charge in [-0.15, -0.1) is 5.10 Å². The van der Waals surface area contributed by atoms with E-state index in [1.54, 1.807) is 24.3 Å². The van der Waals surface area contributed by atoms with Crippen molar-refractivity contribution in [2.24, 2.45) is 0 Å². The highest BCUT2D eigenvalue weighted by Gasteiger charge is 2.14. The molecule has 0 aliphatic heterocycles. The number of hydrogen-bond acceptors (Lipinski definition) is 7. The number of rotatable bonds is 4. The van der Waals surface area contributed by atoms with Gasteiger partial charge in [0.2, 0.25) is 4.96 Å². The molecule has 0 saturated carbocycles. The Morgan fingerprint density at radius 1 is 1.21 bits per heavy atom. The van der Waals surface area contributed by atoms with E-state index in [0.29, 0.717) is 26.8 Å². The topological polar surface area (TPSA) is 82.8 Å². The highest BCUT2D eigenvalue weighted by molar-refractivity contribution is 9.10. The molecule has 146 valence electrons. The molecule has 0 bridgehead atoms. The van der Waals surface area contributed by atoms with Crippen LogP contribution in [0.1, 0.15) is 12.5 Å². The molecule has 0 fully saturated rings. The lowest BCUT2D eigenvalue weighted by Crippen LogP contribution is -2.23. The van der Waals surface area contributed by atoms with Crippen LogP contribution in [0, 0.1) is 0 Å².